The van der Waals surface area contributed by atoms with Gasteiger partial charge in [-0.3, -0.25) is 0 Å². The molecule has 0 radical (unpaired) electrons. The molecule has 1 saturated heterocycles. The van der Waals surface area contributed by atoms with Crippen molar-refractivity contribution in [1.82, 2.24) is 20.0 Å². The van der Waals surface area contributed by atoms with Gasteiger partial charge in [0.1, 0.15) is 6.33 Å². The Kier molecular flexibility index (Phi) is 8.66. The van der Waals surface area contributed by atoms with E-state index in [0.29, 0.717) is 25.0 Å². The van der Waals surface area contributed by atoms with Gasteiger partial charge in [-0.2, -0.15) is 0 Å². The van der Waals surface area contributed by atoms with E-state index < -0.39 is 15.3 Å². The molecule has 1 saturated carbocycles. The molecular weight excluding hydrogens is 416 g/mol. The molecule has 0 spiro atoms. The van der Waals surface area contributed by atoms with Gasteiger partial charge in [-0.25, -0.2) is 23.1 Å². The van der Waals surface area contributed by atoms with Crippen molar-refractivity contribution in [3.8, 4) is 5.88 Å². The molecule has 2 fully saturated rings. The number of piperidine rings is 1. The zero-order valence-electron chi connectivity index (χ0n) is 19.3. The van der Waals surface area contributed by atoms with E-state index in [1.807, 2.05) is 13.8 Å². The van der Waals surface area contributed by atoms with Crippen molar-refractivity contribution in [2.45, 2.75) is 95.6 Å². The molecule has 9 heteroatoms. The standard InChI is InChI=1S/C22H38N4O4S/c1-5-29-22-21(16(4)24-14-25-22)17-8-10-18(11-9-17)30-13-20-19(7-6-12-23-20)26-31(27,28)15(2)3/h14-15,17-20,23,26H,5-13H2,1-4H3/t17?,18?,19-,20-/m0/s1. The number of nitrogens with one attached hydrogen (secondary N) is 2. The molecule has 0 unspecified atom stereocenters. The molecule has 0 amide bonds. The third-order valence-corrected chi connectivity index (χ3v) is 8.31. The third-order valence-electron chi connectivity index (χ3n) is 6.44. The van der Waals surface area contributed by atoms with Gasteiger partial charge < -0.3 is 14.8 Å². The normalized spacial score (nSPS) is 27.4. The van der Waals surface area contributed by atoms with Crippen LogP contribution in [0.1, 0.15) is 76.5 Å². The van der Waals surface area contributed by atoms with Gasteiger partial charge in [-0.05, 0) is 78.7 Å². The minimum atomic E-state index is -3.29. The van der Waals surface area contributed by atoms with Gasteiger partial charge in [0, 0.05) is 23.3 Å². The summed E-state index contributed by atoms with van der Waals surface area (Å²) in [6.45, 7) is 9.43. The number of rotatable bonds is 9. The highest BCUT2D eigenvalue weighted by molar-refractivity contribution is 7.90. The zero-order chi connectivity index (χ0) is 22.4. The van der Waals surface area contributed by atoms with E-state index in [2.05, 4.69) is 20.0 Å². The van der Waals surface area contributed by atoms with Crippen LogP contribution < -0.4 is 14.8 Å². The molecule has 176 valence electrons. The lowest BCUT2D eigenvalue weighted by atomic mass is 9.82. The minimum Gasteiger partial charge on any atom is -0.478 e. The molecule has 1 aromatic heterocycles. The molecule has 1 aliphatic carbocycles. The van der Waals surface area contributed by atoms with Gasteiger partial charge in [0.2, 0.25) is 15.9 Å². The quantitative estimate of drug-likeness (QED) is 0.591. The minimum absolute atomic E-state index is 0.00863. The molecule has 0 aromatic carbocycles. The highest BCUT2D eigenvalue weighted by Gasteiger charge is 2.32. The fraction of sp³-hybridized carbons (Fsp3) is 0.818. The van der Waals surface area contributed by atoms with Crippen LogP contribution in [0.25, 0.3) is 0 Å². The van der Waals surface area contributed by atoms with Crippen LogP contribution in [0.4, 0.5) is 0 Å². The molecular formula is C22H38N4O4S. The van der Waals surface area contributed by atoms with Gasteiger partial charge in [-0.15, -0.1) is 0 Å². The van der Waals surface area contributed by atoms with E-state index >= 15 is 0 Å². The summed E-state index contributed by atoms with van der Waals surface area (Å²) in [5, 5.41) is 3.02. The Labute approximate surface area is 187 Å². The lowest BCUT2D eigenvalue weighted by Crippen LogP contribution is -2.56. The van der Waals surface area contributed by atoms with E-state index in [0.717, 1.165) is 56.3 Å². The van der Waals surface area contributed by atoms with Crippen LogP contribution in [-0.2, 0) is 14.8 Å². The lowest BCUT2D eigenvalue weighted by Gasteiger charge is -2.35. The highest BCUT2D eigenvalue weighted by Crippen LogP contribution is 2.38. The number of nitrogens with zero attached hydrogens (tertiary/aromatic N) is 2. The first-order chi connectivity index (χ1) is 14.8. The molecule has 2 atom stereocenters. The van der Waals surface area contributed by atoms with E-state index in [4.69, 9.17) is 9.47 Å². The van der Waals surface area contributed by atoms with Gasteiger partial charge in [0.15, 0.2) is 0 Å². The number of ether oxygens (including phenoxy) is 2. The predicted molar refractivity (Wildman–Crippen MR) is 121 cm³/mol. The maximum Gasteiger partial charge on any atom is 0.220 e. The Morgan fingerprint density at radius 2 is 1.94 bits per heavy atom. The topological polar surface area (TPSA) is 102 Å². The van der Waals surface area contributed by atoms with Crippen molar-refractivity contribution in [2.75, 3.05) is 19.8 Å². The fourth-order valence-electron chi connectivity index (χ4n) is 4.56. The molecule has 1 aliphatic heterocycles. The third kappa shape index (κ3) is 6.37. The predicted octanol–water partition coefficient (Wildman–Crippen LogP) is 2.67. The number of sulfonamides is 1. The summed E-state index contributed by atoms with van der Waals surface area (Å²) >= 11 is 0. The van der Waals surface area contributed by atoms with Crippen LogP contribution in [0.2, 0.25) is 0 Å². The van der Waals surface area contributed by atoms with Crippen molar-refractivity contribution >= 4 is 10.0 Å². The fourth-order valence-corrected chi connectivity index (χ4v) is 5.53. The highest BCUT2D eigenvalue weighted by atomic mass is 32.2. The number of aryl methyl sites for hydroxylation is 1. The first-order valence-electron chi connectivity index (χ1n) is 11.6. The second-order valence-corrected chi connectivity index (χ2v) is 11.2. The Morgan fingerprint density at radius 1 is 1.19 bits per heavy atom. The van der Waals surface area contributed by atoms with Crippen LogP contribution in [-0.4, -0.2) is 61.6 Å². The van der Waals surface area contributed by atoms with Gasteiger partial charge in [0.05, 0.1) is 24.6 Å². The maximum atomic E-state index is 12.3. The van der Waals surface area contributed by atoms with Crippen LogP contribution >= 0.6 is 0 Å². The Bertz CT molecular complexity index is 810. The summed E-state index contributed by atoms with van der Waals surface area (Å²) in [4.78, 5) is 8.72. The maximum absolute atomic E-state index is 12.3. The largest absolute Gasteiger partial charge is 0.478 e. The number of hydrogen-bond donors (Lipinski definition) is 2. The van der Waals surface area contributed by atoms with Gasteiger partial charge in [0.25, 0.3) is 0 Å². The molecule has 2 aliphatic rings. The average Bonchev–Trinajstić information content (AvgIpc) is 2.74. The molecule has 8 nitrogen and oxygen atoms in total. The zero-order valence-corrected chi connectivity index (χ0v) is 20.1. The molecule has 3 rings (SSSR count). The average molecular weight is 455 g/mol. The summed E-state index contributed by atoms with van der Waals surface area (Å²) in [7, 11) is -3.29. The van der Waals surface area contributed by atoms with E-state index in [9.17, 15) is 8.42 Å². The van der Waals surface area contributed by atoms with Crippen LogP contribution in [0.5, 0.6) is 5.88 Å². The Hall–Kier alpha value is -1.29. The van der Waals surface area contributed by atoms with Crippen molar-refractivity contribution in [3.63, 3.8) is 0 Å². The van der Waals surface area contributed by atoms with E-state index in [1.54, 1.807) is 20.2 Å². The first-order valence-corrected chi connectivity index (χ1v) is 13.2. The van der Waals surface area contributed by atoms with Crippen LogP contribution in [0.15, 0.2) is 6.33 Å². The molecule has 31 heavy (non-hydrogen) atoms. The second kappa shape index (κ2) is 11.0. The van der Waals surface area contributed by atoms with Crippen LogP contribution in [0, 0.1) is 6.92 Å². The van der Waals surface area contributed by atoms with Gasteiger partial charge in [-0.1, -0.05) is 0 Å². The number of hydrogen-bond acceptors (Lipinski definition) is 7. The molecule has 2 N–H and O–H groups in total. The van der Waals surface area contributed by atoms with Crippen molar-refractivity contribution < 1.29 is 17.9 Å². The first kappa shape index (κ1) is 24.4. The summed E-state index contributed by atoms with van der Waals surface area (Å²) in [5.74, 6) is 1.10. The van der Waals surface area contributed by atoms with Crippen LogP contribution in [0.3, 0.4) is 0 Å². The summed E-state index contributed by atoms with van der Waals surface area (Å²) in [6.07, 6.45) is 7.54. The Morgan fingerprint density at radius 3 is 2.61 bits per heavy atom. The SMILES string of the molecule is CCOc1ncnc(C)c1C1CCC(OC[C@@H]2NCCC[C@@H]2NS(=O)(=O)C(C)C)CC1. The van der Waals surface area contributed by atoms with Crippen molar-refractivity contribution in [2.24, 2.45) is 0 Å². The summed E-state index contributed by atoms with van der Waals surface area (Å²) in [6, 6.07) is -0.107. The van der Waals surface area contributed by atoms with Crippen molar-refractivity contribution in [1.29, 1.82) is 0 Å². The lowest BCUT2D eigenvalue weighted by molar-refractivity contribution is 0.00500. The summed E-state index contributed by atoms with van der Waals surface area (Å²) in [5.41, 5.74) is 2.13. The smallest absolute Gasteiger partial charge is 0.220 e. The van der Waals surface area contributed by atoms with Crippen molar-refractivity contribution in [3.05, 3.63) is 17.6 Å². The molecule has 1 aromatic rings. The molecule has 2 heterocycles. The monoisotopic (exact) mass is 454 g/mol. The van der Waals surface area contributed by atoms with E-state index in [-0.39, 0.29) is 18.2 Å². The molecule has 0 bridgehead atoms. The summed E-state index contributed by atoms with van der Waals surface area (Å²) < 4.78 is 39.5. The Balaban J connectivity index is 1.53. The second-order valence-electron chi connectivity index (χ2n) is 8.94. The number of aromatic nitrogens is 2. The van der Waals surface area contributed by atoms with E-state index in [1.165, 1.54) is 0 Å². The van der Waals surface area contributed by atoms with Gasteiger partial charge >= 0.3 is 0 Å².